The molecule has 0 atom stereocenters. The monoisotopic (exact) mass is 247 g/mol. The molecule has 0 amide bonds. The van der Waals surface area contributed by atoms with Gasteiger partial charge in [0.25, 0.3) is 0 Å². The Kier molecular flexibility index (Phi) is 2.17. The predicted molar refractivity (Wildman–Crippen MR) is 66.5 cm³/mol. The molecule has 0 spiro atoms. The van der Waals surface area contributed by atoms with E-state index in [4.69, 9.17) is 0 Å². The Morgan fingerprint density at radius 3 is 2.22 bits per heavy atom. The van der Waals surface area contributed by atoms with Crippen LogP contribution in [0.1, 0.15) is 38.5 Å². The Balaban J connectivity index is 1.60. The molecule has 1 aromatic rings. The van der Waals surface area contributed by atoms with E-state index in [1.807, 2.05) is 0 Å². The lowest BCUT2D eigenvalue weighted by atomic mass is 9.53. The van der Waals surface area contributed by atoms with Crippen LogP contribution in [-0.4, -0.2) is 15.5 Å². The molecule has 96 valence electrons. The maximum Gasteiger partial charge on any atom is 0.217 e. The van der Waals surface area contributed by atoms with Crippen LogP contribution in [-0.2, 0) is 0 Å². The van der Waals surface area contributed by atoms with Gasteiger partial charge in [0.1, 0.15) is 12.1 Å². The summed E-state index contributed by atoms with van der Waals surface area (Å²) < 4.78 is 13.1. The lowest BCUT2D eigenvalue weighted by Crippen LogP contribution is -2.54. The second-order valence-corrected chi connectivity index (χ2v) is 6.55. The Hall–Kier alpha value is -1.19. The topological polar surface area (TPSA) is 37.8 Å². The largest absolute Gasteiger partial charge is 0.364 e. The summed E-state index contributed by atoms with van der Waals surface area (Å²) in [7, 11) is 0. The van der Waals surface area contributed by atoms with Gasteiger partial charge in [-0.15, -0.1) is 0 Å². The molecule has 4 bridgehead atoms. The van der Waals surface area contributed by atoms with E-state index in [9.17, 15) is 4.39 Å². The van der Waals surface area contributed by atoms with Crippen LogP contribution in [0.2, 0.25) is 0 Å². The Bertz CT molecular complexity index is 439. The number of nitrogens with zero attached hydrogens (tertiary/aromatic N) is 2. The summed E-state index contributed by atoms with van der Waals surface area (Å²) in [5.41, 5.74) is 0.190. The highest BCUT2D eigenvalue weighted by Crippen LogP contribution is 2.56. The molecule has 1 aromatic heterocycles. The molecule has 4 fully saturated rings. The lowest BCUT2D eigenvalue weighted by molar-refractivity contribution is 0.0105. The van der Waals surface area contributed by atoms with E-state index in [-0.39, 0.29) is 5.54 Å². The van der Waals surface area contributed by atoms with Crippen LogP contribution in [0.5, 0.6) is 0 Å². The van der Waals surface area contributed by atoms with Crippen molar-refractivity contribution in [2.24, 2.45) is 17.8 Å². The molecule has 4 aliphatic rings. The lowest BCUT2D eigenvalue weighted by Gasteiger charge is -2.57. The molecule has 0 unspecified atom stereocenters. The van der Waals surface area contributed by atoms with Crippen LogP contribution < -0.4 is 5.32 Å². The second kappa shape index (κ2) is 3.65. The highest BCUT2D eigenvalue weighted by atomic mass is 19.1. The van der Waals surface area contributed by atoms with Crippen molar-refractivity contribution in [3.05, 3.63) is 18.3 Å². The second-order valence-electron chi connectivity index (χ2n) is 6.55. The number of hydrogen-bond donors (Lipinski definition) is 1. The molecule has 0 saturated heterocycles. The number of anilines is 1. The molecular formula is C14H18FN3. The van der Waals surface area contributed by atoms with Crippen molar-refractivity contribution in [2.45, 2.75) is 44.1 Å². The molecule has 0 radical (unpaired) electrons. The van der Waals surface area contributed by atoms with Crippen molar-refractivity contribution in [1.29, 1.82) is 0 Å². The van der Waals surface area contributed by atoms with E-state index in [1.165, 1.54) is 50.9 Å². The maximum absolute atomic E-state index is 13.1. The van der Waals surface area contributed by atoms with Crippen molar-refractivity contribution >= 4 is 5.82 Å². The van der Waals surface area contributed by atoms with Crippen LogP contribution in [0.15, 0.2) is 12.4 Å². The van der Waals surface area contributed by atoms with Crippen LogP contribution >= 0.6 is 0 Å². The SMILES string of the molecule is Fc1cc(NC23CC4CC(CC(C4)C2)C3)ncn1. The molecule has 4 aliphatic carbocycles. The van der Waals surface area contributed by atoms with E-state index in [0.29, 0.717) is 5.82 Å². The van der Waals surface area contributed by atoms with E-state index in [1.54, 1.807) is 0 Å². The Labute approximate surface area is 106 Å². The normalized spacial score (nSPS) is 41.1. The molecule has 1 N–H and O–H groups in total. The van der Waals surface area contributed by atoms with Gasteiger partial charge in [-0.2, -0.15) is 4.39 Å². The quantitative estimate of drug-likeness (QED) is 0.816. The summed E-state index contributed by atoms with van der Waals surface area (Å²) in [6, 6.07) is 1.42. The molecule has 4 heteroatoms. The summed E-state index contributed by atoms with van der Waals surface area (Å²) >= 11 is 0. The molecule has 0 aromatic carbocycles. The summed E-state index contributed by atoms with van der Waals surface area (Å²) in [6.07, 6.45) is 9.27. The first-order chi connectivity index (χ1) is 8.71. The number of hydrogen-bond acceptors (Lipinski definition) is 3. The summed E-state index contributed by atoms with van der Waals surface area (Å²) in [6.45, 7) is 0. The van der Waals surface area contributed by atoms with Crippen molar-refractivity contribution in [2.75, 3.05) is 5.32 Å². The molecule has 4 saturated carbocycles. The Morgan fingerprint density at radius 1 is 1.06 bits per heavy atom. The van der Waals surface area contributed by atoms with Gasteiger partial charge in [-0.25, -0.2) is 9.97 Å². The number of aromatic nitrogens is 2. The van der Waals surface area contributed by atoms with Gasteiger partial charge in [0.2, 0.25) is 5.95 Å². The maximum atomic E-state index is 13.1. The fourth-order valence-electron chi connectivity index (χ4n) is 4.94. The average molecular weight is 247 g/mol. The van der Waals surface area contributed by atoms with Crippen molar-refractivity contribution in [1.82, 2.24) is 9.97 Å². The van der Waals surface area contributed by atoms with Crippen molar-refractivity contribution in [3.8, 4) is 0 Å². The Morgan fingerprint density at radius 2 is 1.67 bits per heavy atom. The first-order valence-electron chi connectivity index (χ1n) is 6.96. The van der Waals surface area contributed by atoms with Crippen molar-refractivity contribution < 1.29 is 4.39 Å². The van der Waals surface area contributed by atoms with E-state index in [2.05, 4.69) is 15.3 Å². The van der Waals surface area contributed by atoms with Crippen LogP contribution in [0.25, 0.3) is 0 Å². The highest BCUT2D eigenvalue weighted by Gasteiger charge is 2.51. The number of nitrogens with one attached hydrogen (secondary N) is 1. The summed E-state index contributed by atoms with van der Waals surface area (Å²) in [5, 5.41) is 3.54. The summed E-state index contributed by atoms with van der Waals surface area (Å²) in [4.78, 5) is 7.67. The zero-order valence-corrected chi connectivity index (χ0v) is 10.4. The van der Waals surface area contributed by atoms with Crippen LogP contribution in [0.4, 0.5) is 10.2 Å². The smallest absolute Gasteiger partial charge is 0.217 e. The van der Waals surface area contributed by atoms with Gasteiger partial charge >= 0.3 is 0 Å². The molecular weight excluding hydrogens is 229 g/mol. The van der Waals surface area contributed by atoms with Gasteiger partial charge in [0, 0.05) is 11.6 Å². The first-order valence-corrected chi connectivity index (χ1v) is 6.96. The molecule has 18 heavy (non-hydrogen) atoms. The zero-order valence-electron chi connectivity index (χ0n) is 10.4. The van der Waals surface area contributed by atoms with Gasteiger partial charge in [-0.1, -0.05) is 0 Å². The molecule has 1 heterocycles. The van der Waals surface area contributed by atoms with Crippen LogP contribution in [0, 0.1) is 23.7 Å². The number of halogens is 1. The predicted octanol–water partition coefficient (Wildman–Crippen LogP) is 3.00. The fourth-order valence-corrected chi connectivity index (χ4v) is 4.94. The minimum Gasteiger partial charge on any atom is -0.364 e. The van der Waals surface area contributed by atoms with Crippen molar-refractivity contribution in [3.63, 3.8) is 0 Å². The third-order valence-electron chi connectivity index (χ3n) is 5.07. The van der Waals surface area contributed by atoms with Gasteiger partial charge in [0.05, 0.1) is 0 Å². The average Bonchev–Trinajstić information content (AvgIpc) is 2.25. The van der Waals surface area contributed by atoms with Gasteiger partial charge in [-0.05, 0) is 56.3 Å². The first kappa shape index (κ1) is 10.7. The minimum atomic E-state index is -0.447. The standard InChI is InChI=1S/C14H18FN3/c15-12-4-13(17-8-16-12)18-14-5-9-1-10(6-14)3-11(2-9)7-14/h4,8-11H,1-3,5-7H2,(H,16,17,18). The minimum absolute atomic E-state index is 0.190. The van der Waals surface area contributed by atoms with E-state index >= 15 is 0 Å². The number of rotatable bonds is 2. The highest BCUT2D eigenvalue weighted by molar-refractivity contribution is 5.37. The van der Waals surface area contributed by atoms with Crippen LogP contribution in [0.3, 0.4) is 0 Å². The summed E-state index contributed by atoms with van der Waals surface area (Å²) in [5.74, 6) is 2.86. The zero-order chi connectivity index (χ0) is 12.2. The molecule has 5 rings (SSSR count). The van der Waals surface area contributed by atoms with E-state index < -0.39 is 5.95 Å². The van der Waals surface area contributed by atoms with Gasteiger partial charge < -0.3 is 5.32 Å². The fraction of sp³-hybridized carbons (Fsp3) is 0.714. The molecule has 0 aliphatic heterocycles. The third-order valence-corrected chi connectivity index (χ3v) is 5.07. The molecule has 3 nitrogen and oxygen atoms in total. The van der Waals surface area contributed by atoms with Gasteiger partial charge in [0.15, 0.2) is 0 Å². The van der Waals surface area contributed by atoms with E-state index in [0.717, 1.165) is 17.8 Å². The third kappa shape index (κ3) is 1.70. The van der Waals surface area contributed by atoms with Gasteiger partial charge in [-0.3, -0.25) is 0 Å².